The Morgan fingerprint density at radius 3 is 2.96 bits per heavy atom. The van der Waals surface area contributed by atoms with Crippen molar-refractivity contribution >= 4 is 11.8 Å². The summed E-state index contributed by atoms with van der Waals surface area (Å²) >= 11 is 0. The van der Waals surface area contributed by atoms with Gasteiger partial charge in [-0.25, -0.2) is 0 Å². The first kappa shape index (κ1) is 16.8. The lowest BCUT2D eigenvalue weighted by Crippen LogP contribution is -2.31. The molecule has 3 heterocycles. The van der Waals surface area contributed by atoms with Crippen molar-refractivity contribution < 1.29 is 14.0 Å². The Hall–Kier alpha value is -2.63. The topological polar surface area (TPSA) is 75.4 Å². The maximum Gasteiger partial charge on any atom is 0.257 e. The fraction of sp³-hybridized carbons (Fsp3) is 0.450. The Morgan fingerprint density at radius 1 is 1.42 bits per heavy atom. The number of hydrogen-bond donors (Lipinski definition) is 1. The summed E-state index contributed by atoms with van der Waals surface area (Å²) in [5.41, 5.74) is 1.59. The largest absolute Gasteiger partial charge is 0.466 e. The van der Waals surface area contributed by atoms with Gasteiger partial charge < -0.3 is 14.6 Å². The number of pyridine rings is 1. The van der Waals surface area contributed by atoms with Gasteiger partial charge in [-0.1, -0.05) is 6.07 Å². The fourth-order valence-electron chi connectivity index (χ4n) is 4.07. The van der Waals surface area contributed by atoms with Gasteiger partial charge >= 0.3 is 0 Å². The highest BCUT2D eigenvalue weighted by atomic mass is 16.3. The number of carbonyl (C=O) groups excluding carboxylic acids is 2. The molecule has 6 heteroatoms. The predicted molar refractivity (Wildman–Crippen MR) is 95.3 cm³/mol. The third kappa shape index (κ3) is 3.00. The van der Waals surface area contributed by atoms with E-state index in [4.69, 9.17) is 4.42 Å². The molecule has 2 aromatic rings. The lowest BCUT2D eigenvalue weighted by molar-refractivity contribution is -0.123. The SMILES string of the molecule is Cc1cc(C(=O)N2CC[C@@]3(C[C@H]3C(=O)NCc3cccnc3)C2)c(C)o1. The van der Waals surface area contributed by atoms with Gasteiger partial charge in [0.1, 0.15) is 11.5 Å². The molecule has 4 rings (SSSR count). The minimum atomic E-state index is -0.0403. The van der Waals surface area contributed by atoms with Crippen LogP contribution < -0.4 is 5.32 Å². The van der Waals surface area contributed by atoms with Crippen LogP contribution in [0.1, 0.15) is 40.3 Å². The van der Waals surface area contributed by atoms with Gasteiger partial charge in [-0.2, -0.15) is 0 Å². The van der Waals surface area contributed by atoms with Crippen LogP contribution in [-0.2, 0) is 11.3 Å². The first-order valence-corrected chi connectivity index (χ1v) is 9.01. The second kappa shape index (κ2) is 6.27. The standard InChI is InChI=1S/C20H23N3O3/c1-13-8-16(14(2)26-13)19(25)23-7-5-20(12-23)9-17(20)18(24)22-11-15-4-3-6-21-10-15/h3-4,6,8,10,17H,5,7,9,11-12H2,1-2H3,(H,22,24)/t17-,20+/m0/s1. The summed E-state index contributed by atoms with van der Waals surface area (Å²) in [5.74, 6) is 1.51. The van der Waals surface area contributed by atoms with Crippen molar-refractivity contribution in [2.45, 2.75) is 33.2 Å². The predicted octanol–water partition coefficient (Wildman–Crippen LogP) is 2.46. The number of amides is 2. The maximum absolute atomic E-state index is 12.7. The lowest BCUT2D eigenvalue weighted by Gasteiger charge is -2.16. The molecule has 0 aromatic carbocycles. The highest BCUT2D eigenvalue weighted by Gasteiger charge is 2.61. The van der Waals surface area contributed by atoms with E-state index in [2.05, 4.69) is 10.3 Å². The number of rotatable bonds is 4. The van der Waals surface area contributed by atoms with Crippen LogP contribution in [0.3, 0.4) is 0 Å². The van der Waals surface area contributed by atoms with Crippen molar-refractivity contribution in [1.82, 2.24) is 15.2 Å². The molecule has 1 N–H and O–H groups in total. The number of hydrogen-bond acceptors (Lipinski definition) is 4. The highest BCUT2D eigenvalue weighted by molar-refractivity contribution is 5.95. The van der Waals surface area contributed by atoms with Crippen LogP contribution in [0, 0.1) is 25.2 Å². The van der Waals surface area contributed by atoms with Crippen molar-refractivity contribution in [2.75, 3.05) is 13.1 Å². The molecule has 1 saturated carbocycles. The van der Waals surface area contributed by atoms with Crippen molar-refractivity contribution in [3.8, 4) is 0 Å². The van der Waals surface area contributed by atoms with Crippen LogP contribution in [0.15, 0.2) is 35.0 Å². The van der Waals surface area contributed by atoms with Crippen LogP contribution in [0.5, 0.6) is 0 Å². The zero-order chi connectivity index (χ0) is 18.3. The summed E-state index contributed by atoms with van der Waals surface area (Å²) in [4.78, 5) is 31.2. The molecule has 6 nitrogen and oxygen atoms in total. The molecule has 0 unspecified atom stereocenters. The molecule has 2 amide bonds. The third-order valence-electron chi connectivity index (χ3n) is 5.64. The second-order valence-corrected chi connectivity index (χ2v) is 7.50. The molecule has 0 radical (unpaired) electrons. The zero-order valence-electron chi connectivity index (χ0n) is 15.1. The Morgan fingerprint density at radius 2 is 2.27 bits per heavy atom. The van der Waals surface area contributed by atoms with E-state index >= 15 is 0 Å². The molecule has 2 aliphatic rings. The van der Waals surface area contributed by atoms with E-state index in [9.17, 15) is 9.59 Å². The van der Waals surface area contributed by atoms with Gasteiger partial charge in [0.25, 0.3) is 5.91 Å². The van der Waals surface area contributed by atoms with Crippen molar-refractivity contribution in [1.29, 1.82) is 0 Å². The minimum Gasteiger partial charge on any atom is -0.466 e. The van der Waals surface area contributed by atoms with Gasteiger partial charge in [0.15, 0.2) is 0 Å². The van der Waals surface area contributed by atoms with E-state index in [-0.39, 0.29) is 23.1 Å². The first-order chi connectivity index (χ1) is 12.5. The van der Waals surface area contributed by atoms with Crippen molar-refractivity contribution in [3.63, 3.8) is 0 Å². The number of nitrogens with zero attached hydrogens (tertiary/aromatic N) is 2. The van der Waals surface area contributed by atoms with Gasteiger partial charge in [0, 0.05) is 43.4 Å². The first-order valence-electron chi connectivity index (χ1n) is 9.01. The average molecular weight is 353 g/mol. The van der Waals surface area contributed by atoms with E-state index in [1.54, 1.807) is 18.5 Å². The molecule has 1 aliphatic heterocycles. The second-order valence-electron chi connectivity index (χ2n) is 7.50. The van der Waals surface area contributed by atoms with Crippen LogP contribution >= 0.6 is 0 Å². The normalized spacial score (nSPS) is 24.1. The highest BCUT2D eigenvalue weighted by Crippen LogP contribution is 2.58. The smallest absolute Gasteiger partial charge is 0.257 e. The van der Waals surface area contributed by atoms with E-state index in [1.807, 2.05) is 30.9 Å². The molecular weight excluding hydrogens is 330 g/mol. The lowest BCUT2D eigenvalue weighted by atomic mass is 10.0. The number of aryl methyl sites for hydroxylation is 2. The quantitative estimate of drug-likeness (QED) is 0.916. The molecule has 136 valence electrons. The van der Waals surface area contributed by atoms with Gasteiger partial charge in [0.05, 0.1) is 5.56 Å². The number of nitrogens with one attached hydrogen (secondary N) is 1. The van der Waals surface area contributed by atoms with E-state index in [0.717, 1.165) is 24.2 Å². The zero-order valence-corrected chi connectivity index (χ0v) is 15.1. The summed E-state index contributed by atoms with van der Waals surface area (Å²) in [6.07, 6.45) is 5.22. The molecule has 1 aliphatic carbocycles. The van der Waals surface area contributed by atoms with Gasteiger partial charge in [-0.3, -0.25) is 14.6 Å². The molecule has 2 aromatic heterocycles. The summed E-state index contributed by atoms with van der Waals surface area (Å²) < 4.78 is 5.48. The van der Waals surface area contributed by atoms with Crippen LogP contribution in [0.4, 0.5) is 0 Å². The number of furan rings is 1. The van der Waals surface area contributed by atoms with Gasteiger partial charge in [-0.15, -0.1) is 0 Å². The number of aromatic nitrogens is 1. The Kier molecular flexibility index (Phi) is 4.05. The average Bonchev–Trinajstić information content (AvgIpc) is 2.98. The summed E-state index contributed by atoms with van der Waals surface area (Å²) in [7, 11) is 0. The van der Waals surface area contributed by atoms with E-state index in [0.29, 0.717) is 31.0 Å². The maximum atomic E-state index is 12.7. The number of carbonyl (C=O) groups is 2. The fourth-order valence-corrected chi connectivity index (χ4v) is 4.07. The summed E-state index contributed by atoms with van der Waals surface area (Å²) in [6, 6.07) is 5.61. The van der Waals surface area contributed by atoms with Gasteiger partial charge in [-0.05, 0) is 44.4 Å². The van der Waals surface area contributed by atoms with Gasteiger partial charge in [0.2, 0.25) is 5.91 Å². The summed E-state index contributed by atoms with van der Waals surface area (Å²) in [5, 5.41) is 3.00. The Balaban J connectivity index is 1.35. The molecule has 1 spiro atoms. The van der Waals surface area contributed by atoms with Crippen molar-refractivity contribution in [3.05, 3.63) is 53.2 Å². The molecule has 2 fully saturated rings. The monoisotopic (exact) mass is 353 g/mol. The Labute approximate surface area is 152 Å². The Bertz CT molecular complexity index is 845. The number of likely N-dealkylation sites (tertiary alicyclic amines) is 1. The van der Waals surface area contributed by atoms with Crippen molar-refractivity contribution in [2.24, 2.45) is 11.3 Å². The van der Waals surface area contributed by atoms with Crippen LogP contribution in [-0.4, -0.2) is 34.8 Å². The van der Waals surface area contributed by atoms with E-state index < -0.39 is 0 Å². The van der Waals surface area contributed by atoms with E-state index in [1.165, 1.54) is 0 Å². The summed E-state index contributed by atoms with van der Waals surface area (Å²) in [6.45, 7) is 5.52. The molecule has 1 saturated heterocycles. The minimum absolute atomic E-state index is 0.00385. The molecule has 26 heavy (non-hydrogen) atoms. The van der Waals surface area contributed by atoms with Crippen LogP contribution in [0.2, 0.25) is 0 Å². The molecular formula is C20H23N3O3. The third-order valence-corrected chi connectivity index (χ3v) is 5.64. The molecule has 2 atom stereocenters. The van der Waals surface area contributed by atoms with Crippen LogP contribution in [0.25, 0.3) is 0 Å². The molecule has 0 bridgehead atoms.